The second-order valence-electron chi connectivity index (χ2n) is 8.24. The van der Waals surface area contributed by atoms with Gasteiger partial charge in [-0.3, -0.25) is 4.79 Å². The molecule has 2 aromatic carbocycles. The van der Waals surface area contributed by atoms with Crippen molar-refractivity contribution in [1.29, 1.82) is 0 Å². The third-order valence-electron chi connectivity index (χ3n) is 5.82. The highest BCUT2D eigenvalue weighted by Crippen LogP contribution is 2.40. The second kappa shape index (κ2) is 8.90. The Morgan fingerprint density at radius 1 is 1.21 bits per heavy atom. The summed E-state index contributed by atoms with van der Waals surface area (Å²) in [5, 5.41) is 16.0. The lowest BCUT2D eigenvalue weighted by Gasteiger charge is -2.24. The lowest BCUT2D eigenvalue weighted by molar-refractivity contribution is -0.116. The van der Waals surface area contributed by atoms with Gasteiger partial charge in [0.05, 0.1) is 17.6 Å². The van der Waals surface area contributed by atoms with Crippen LogP contribution in [0.4, 0.5) is 5.82 Å². The molecule has 170 valence electrons. The normalized spacial score (nSPS) is 14.9. The average molecular weight is 453 g/mol. The number of aryl methyl sites for hydroxylation is 2. The molecular formula is C26H24N6O2. The molecule has 0 spiro atoms. The van der Waals surface area contributed by atoms with Crippen molar-refractivity contribution in [2.45, 2.75) is 26.2 Å². The van der Waals surface area contributed by atoms with Crippen molar-refractivity contribution >= 4 is 11.7 Å². The van der Waals surface area contributed by atoms with Crippen LogP contribution in [0.1, 0.15) is 34.7 Å². The van der Waals surface area contributed by atoms with Crippen molar-refractivity contribution < 1.29 is 9.53 Å². The summed E-state index contributed by atoms with van der Waals surface area (Å²) in [7, 11) is 0. The van der Waals surface area contributed by atoms with Crippen molar-refractivity contribution in [3.05, 3.63) is 89.8 Å². The van der Waals surface area contributed by atoms with Crippen LogP contribution in [0.3, 0.4) is 0 Å². The Morgan fingerprint density at radius 3 is 2.82 bits per heavy atom. The minimum Gasteiger partial charge on any atom is -0.490 e. The molecule has 1 N–H and O–H groups in total. The highest BCUT2D eigenvalue weighted by Gasteiger charge is 2.33. The number of amides is 1. The van der Waals surface area contributed by atoms with Crippen LogP contribution in [0, 0.1) is 13.8 Å². The number of aromatic nitrogens is 5. The first kappa shape index (κ1) is 21.5. The number of fused-ring (bicyclic) bond motifs is 1. The summed E-state index contributed by atoms with van der Waals surface area (Å²) in [5.74, 6) is 1.33. The van der Waals surface area contributed by atoms with E-state index >= 15 is 0 Å². The first-order valence-electron chi connectivity index (χ1n) is 11.0. The molecule has 2 aromatic heterocycles. The summed E-state index contributed by atoms with van der Waals surface area (Å²) in [4.78, 5) is 17.4. The molecule has 8 heteroatoms. The van der Waals surface area contributed by atoms with E-state index in [1.165, 1.54) is 0 Å². The molecule has 0 radical (unpaired) electrons. The van der Waals surface area contributed by atoms with Crippen LogP contribution >= 0.6 is 0 Å². The van der Waals surface area contributed by atoms with Crippen molar-refractivity contribution in [3.8, 4) is 23.0 Å². The van der Waals surface area contributed by atoms with Gasteiger partial charge < -0.3 is 10.1 Å². The van der Waals surface area contributed by atoms with Gasteiger partial charge in [-0.25, -0.2) is 4.98 Å². The van der Waals surface area contributed by atoms with Gasteiger partial charge in [0.15, 0.2) is 0 Å². The third-order valence-corrected chi connectivity index (χ3v) is 5.82. The van der Waals surface area contributed by atoms with Crippen LogP contribution in [-0.4, -0.2) is 37.5 Å². The van der Waals surface area contributed by atoms with Crippen LogP contribution in [-0.2, 0) is 4.79 Å². The molecule has 0 unspecified atom stereocenters. The minimum absolute atomic E-state index is 0.0984. The maximum absolute atomic E-state index is 12.7. The van der Waals surface area contributed by atoms with Gasteiger partial charge in [-0.05, 0) is 31.5 Å². The number of rotatable bonds is 6. The second-order valence-corrected chi connectivity index (χ2v) is 8.24. The van der Waals surface area contributed by atoms with E-state index in [0.717, 1.165) is 33.7 Å². The van der Waals surface area contributed by atoms with Gasteiger partial charge in [0.25, 0.3) is 5.95 Å². The maximum Gasteiger partial charge on any atom is 0.272 e. The average Bonchev–Trinajstić information content (AvgIpc) is 3.19. The zero-order chi connectivity index (χ0) is 23.7. The molecule has 0 fully saturated rings. The van der Waals surface area contributed by atoms with Crippen LogP contribution in [0.5, 0.6) is 5.75 Å². The molecule has 0 saturated heterocycles. The first-order valence-corrected chi connectivity index (χ1v) is 11.0. The van der Waals surface area contributed by atoms with E-state index < -0.39 is 0 Å². The third kappa shape index (κ3) is 4.05. The number of nitrogens with one attached hydrogen (secondary N) is 1. The molecule has 5 rings (SSSR count). The summed E-state index contributed by atoms with van der Waals surface area (Å²) in [5.41, 5.74) is 5.48. The quantitative estimate of drug-likeness (QED) is 0.436. The molecule has 0 aliphatic carbocycles. The van der Waals surface area contributed by atoms with Crippen molar-refractivity contribution in [3.63, 3.8) is 0 Å². The molecular weight excluding hydrogens is 428 g/mol. The number of nitrogens with zero attached hydrogens (tertiary/aromatic N) is 5. The smallest absolute Gasteiger partial charge is 0.272 e. The van der Waals surface area contributed by atoms with Crippen LogP contribution in [0.15, 0.2) is 67.4 Å². The van der Waals surface area contributed by atoms with Gasteiger partial charge in [0.2, 0.25) is 5.91 Å². The summed E-state index contributed by atoms with van der Waals surface area (Å²) >= 11 is 0. The molecule has 0 bridgehead atoms. The molecule has 1 aliphatic heterocycles. The SMILES string of the molecule is C=CCOc1cccc([C@H]2CC(=O)Nc3c2c(C)nn3-c2nncc(-c3ccc(C)cc3)n2)c1. The fourth-order valence-corrected chi connectivity index (χ4v) is 4.20. The van der Waals surface area contributed by atoms with Gasteiger partial charge in [-0.1, -0.05) is 54.6 Å². The summed E-state index contributed by atoms with van der Waals surface area (Å²) in [6.07, 6.45) is 3.63. The number of carbonyl (C=O) groups is 1. The van der Waals surface area contributed by atoms with Gasteiger partial charge in [-0.15, -0.1) is 5.10 Å². The molecule has 8 nitrogen and oxygen atoms in total. The highest BCUT2D eigenvalue weighted by atomic mass is 16.5. The van der Waals surface area contributed by atoms with E-state index in [9.17, 15) is 4.79 Å². The highest BCUT2D eigenvalue weighted by molar-refractivity contribution is 5.95. The number of carbonyl (C=O) groups excluding carboxylic acids is 1. The number of anilines is 1. The van der Waals surface area contributed by atoms with Gasteiger partial charge >= 0.3 is 0 Å². The molecule has 0 saturated carbocycles. The molecule has 1 atom stereocenters. The molecule has 34 heavy (non-hydrogen) atoms. The lowest BCUT2D eigenvalue weighted by atomic mass is 9.86. The Hall–Kier alpha value is -4.33. The summed E-state index contributed by atoms with van der Waals surface area (Å²) in [6.45, 7) is 8.07. The monoisotopic (exact) mass is 452 g/mol. The van der Waals surface area contributed by atoms with Crippen molar-refractivity contribution in [2.75, 3.05) is 11.9 Å². The standard InChI is InChI=1S/C26H24N6O2/c1-4-12-34-20-7-5-6-19(13-20)21-14-23(33)29-25-24(21)17(3)31-32(25)26-28-22(15-27-30-26)18-10-8-16(2)9-11-18/h4-11,13,15,21H,1,12,14H2,2-3H3,(H,29,33)/t21-/m1/s1. The topological polar surface area (TPSA) is 94.8 Å². The van der Waals surface area contributed by atoms with Crippen LogP contribution in [0.2, 0.25) is 0 Å². The van der Waals surface area contributed by atoms with E-state index in [-0.39, 0.29) is 11.8 Å². The van der Waals surface area contributed by atoms with E-state index in [1.54, 1.807) is 17.0 Å². The van der Waals surface area contributed by atoms with Crippen LogP contribution < -0.4 is 10.1 Å². The Kier molecular flexibility index (Phi) is 5.63. The molecule has 1 amide bonds. The number of ether oxygens (including phenoxy) is 1. The van der Waals surface area contributed by atoms with Gasteiger partial charge in [0.1, 0.15) is 18.2 Å². The number of hydrogen-bond acceptors (Lipinski definition) is 6. The zero-order valence-electron chi connectivity index (χ0n) is 19.0. The van der Waals surface area contributed by atoms with E-state index in [4.69, 9.17) is 4.74 Å². The predicted octanol–water partition coefficient (Wildman–Crippen LogP) is 4.38. The Morgan fingerprint density at radius 2 is 2.03 bits per heavy atom. The largest absolute Gasteiger partial charge is 0.490 e. The fourth-order valence-electron chi connectivity index (χ4n) is 4.20. The van der Waals surface area contributed by atoms with E-state index in [2.05, 4.69) is 32.2 Å². The van der Waals surface area contributed by atoms with E-state index in [0.29, 0.717) is 30.5 Å². The Bertz CT molecular complexity index is 1380. The zero-order valence-corrected chi connectivity index (χ0v) is 19.0. The lowest BCUT2D eigenvalue weighted by Crippen LogP contribution is -2.25. The summed E-state index contributed by atoms with van der Waals surface area (Å²) < 4.78 is 7.27. The van der Waals surface area contributed by atoms with Crippen LogP contribution in [0.25, 0.3) is 17.2 Å². The fraction of sp³-hybridized carbons (Fsp3) is 0.192. The van der Waals surface area contributed by atoms with Gasteiger partial charge in [-0.2, -0.15) is 14.9 Å². The molecule has 3 heterocycles. The number of hydrogen-bond donors (Lipinski definition) is 1. The van der Waals surface area contributed by atoms with E-state index in [1.807, 2.05) is 62.4 Å². The minimum atomic E-state index is -0.168. The van der Waals surface area contributed by atoms with Gasteiger partial charge in [0, 0.05) is 23.5 Å². The van der Waals surface area contributed by atoms with Crippen molar-refractivity contribution in [1.82, 2.24) is 25.0 Å². The first-order chi connectivity index (χ1) is 16.5. The Labute approximate surface area is 197 Å². The Balaban J connectivity index is 1.56. The maximum atomic E-state index is 12.7. The number of benzene rings is 2. The summed E-state index contributed by atoms with van der Waals surface area (Å²) in [6, 6.07) is 15.8. The van der Waals surface area contributed by atoms with Crippen molar-refractivity contribution in [2.24, 2.45) is 0 Å². The predicted molar refractivity (Wildman–Crippen MR) is 129 cm³/mol. The molecule has 4 aromatic rings. The molecule has 1 aliphatic rings.